The summed E-state index contributed by atoms with van der Waals surface area (Å²) < 4.78 is 12.1. The summed E-state index contributed by atoms with van der Waals surface area (Å²) in [6.07, 6.45) is 3.37. The summed E-state index contributed by atoms with van der Waals surface area (Å²) in [6, 6.07) is 9.10. The lowest BCUT2D eigenvalue weighted by Crippen LogP contribution is -2.33. The number of carbonyl (C=O) groups excluding carboxylic acids is 1. The van der Waals surface area contributed by atoms with Gasteiger partial charge in [0.1, 0.15) is 7.80 Å². The highest BCUT2D eigenvalue weighted by molar-refractivity contribution is 7.54. The van der Waals surface area contributed by atoms with Crippen LogP contribution in [-0.2, 0) is 9.36 Å². The van der Waals surface area contributed by atoms with E-state index in [0.29, 0.717) is 13.1 Å². The third-order valence-corrected chi connectivity index (χ3v) is 4.06. The second-order valence-corrected chi connectivity index (χ2v) is 5.62. The van der Waals surface area contributed by atoms with Crippen LogP contribution >= 0.6 is 7.80 Å². The second kappa shape index (κ2) is 7.67. The molecule has 1 atom stereocenters. The Morgan fingerprint density at radius 2 is 1.72 bits per heavy atom. The molecule has 1 aromatic carbocycles. The normalized spacial score (nSPS) is 11.6. The van der Waals surface area contributed by atoms with Crippen LogP contribution < -0.4 is 5.30 Å². The van der Waals surface area contributed by atoms with E-state index in [9.17, 15) is 9.36 Å². The van der Waals surface area contributed by atoms with Gasteiger partial charge < -0.3 is 9.46 Å². The zero-order valence-electron chi connectivity index (χ0n) is 10.3. The van der Waals surface area contributed by atoms with Gasteiger partial charge in [0, 0.05) is 18.4 Å². The average molecular weight is 263 g/mol. The van der Waals surface area contributed by atoms with E-state index >= 15 is 0 Å². The maximum atomic E-state index is 12.1. The fraction of sp³-hybridized carbons (Fsp3) is 0.214. The fourth-order valence-electron chi connectivity index (χ4n) is 1.57. The monoisotopic (exact) mass is 263 g/mol. The molecule has 0 radical (unpaired) electrons. The van der Waals surface area contributed by atoms with Crippen LogP contribution in [-0.4, -0.2) is 30.1 Å². The van der Waals surface area contributed by atoms with Crippen molar-refractivity contribution < 1.29 is 9.36 Å². The fourth-order valence-corrected chi connectivity index (χ4v) is 2.83. The van der Waals surface area contributed by atoms with Gasteiger partial charge in [-0.2, -0.15) is 0 Å². The molecule has 0 aliphatic rings. The largest absolute Gasteiger partial charge is 0.335 e. The van der Waals surface area contributed by atoms with Gasteiger partial charge in [-0.25, -0.2) is 0 Å². The highest BCUT2D eigenvalue weighted by Gasteiger charge is 2.15. The summed E-state index contributed by atoms with van der Waals surface area (Å²) in [5.74, 6) is -0.123. The van der Waals surface area contributed by atoms with Crippen LogP contribution in [0.5, 0.6) is 0 Å². The van der Waals surface area contributed by atoms with Crippen LogP contribution in [0.4, 0.5) is 0 Å². The minimum absolute atomic E-state index is 0.0658. The topological polar surface area (TPSA) is 37.4 Å². The molecule has 1 unspecified atom stereocenters. The number of rotatable bonds is 7. The highest BCUT2D eigenvalue weighted by atomic mass is 31.1. The third kappa shape index (κ3) is 4.34. The Morgan fingerprint density at radius 1 is 1.17 bits per heavy atom. The van der Waals surface area contributed by atoms with Gasteiger partial charge in [0.15, 0.2) is 0 Å². The zero-order valence-corrected chi connectivity index (χ0v) is 11.3. The van der Waals surface area contributed by atoms with Crippen molar-refractivity contribution in [2.45, 2.75) is 0 Å². The number of benzene rings is 1. The number of amides is 1. The van der Waals surface area contributed by atoms with Crippen LogP contribution in [0.2, 0.25) is 0 Å². The van der Waals surface area contributed by atoms with Crippen molar-refractivity contribution in [1.82, 2.24) is 4.90 Å². The Hall–Kier alpha value is -1.60. The predicted molar refractivity (Wildman–Crippen MR) is 76.9 cm³/mol. The Balaban J connectivity index is 2.65. The minimum atomic E-state index is -2.06. The summed E-state index contributed by atoms with van der Waals surface area (Å²) in [5.41, 5.74) is 0. The van der Waals surface area contributed by atoms with E-state index in [0.717, 1.165) is 5.30 Å². The quantitative estimate of drug-likeness (QED) is 0.558. The molecule has 0 heterocycles. The molecule has 1 aromatic rings. The average Bonchev–Trinajstić information content (AvgIpc) is 2.39. The Labute approximate surface area is 109 Å². The van der Waals surface area contributed by atoms with E-state index in [1.54, 1.807) is 29.2 Å². The van der Waals surface area contributed by atoms with Crippen molar-refractivity contribution in [3.63, 3.8) is 0 Å². The van der Waals surface area contributed by atoms with Crippen LogP contribution in [0, 0.1) is 0 Å². The maximum Gasteiger partial charge on any atom is 0.230 e. The van der Waals surface area contributed by atoms with Crippen LogP contribution in [0.25, 0.3) is 0 Å². The summed E-state index contributed by atoms with van der Waals surface area (Å²) in [5, 5.41) is 0.744. The van der Waals surface area contributed by atoms with Gasteiger partial charge in [-0.3, -0.25) is 4.79 Å². The minimum Gasteiger partial charge on any atom is -0.335 e. The van der Waals surface area contributed by atoms with E-state index < -0.39 is 7.80 Å². The van der Waals surface area contributed by atoms with Crippen molar-refractivity contribution in [2.24, 2.45) is 0 Å². The molecule has 0 fully saturated rings. The van der Waals surface area contributed by atoms with Crippen LogP contribution in [0.3, 0.4) is 0 Å². The molecule has 0 N–H and O–H groups in total. The number of hydrogen-bond acceptors (Lipinski definition) is 2. The first kappa shape index (κ1) is 14.5. The summed E-state index contributed by atoms with van der Waals surface area (Å²) >= 11 is 0. The number of hydrogen-bond donors (Lipinski definition) is 0. The molecule has 96 valence electrons. The smallest absolute Gasteiger partial charge is 0.230 e. The molecule has 4 heteroatoms. The van der Waals surface area contributed by atoms with Gasteiger partial charge >= 0.3 is 0 Å². The first-order chi connectivity index (χ1) is 8.69. The van der Waals surface area contributed by atoms with Gasteiger partial charge in [0.25, 0.3) is 0 Å². The molecule has 18 heavy (non-hydrogen) atoms. The molecule has 0 spiro atoms. The Kier molecular flexibility index (Phi) is 6.16. The third-order valence-electron chi connectivity index (χ3n) is 2.46. The lowest BCUT2D eigenvalue weighted by Gasteiger charge is -2.19. The molecule has 0 saturated heterocycles. The number of carbonyl (C=O) groups is 1. The molecule has 0 aliphatic carbocycles. The van der Waals surface area contributed by atoms with Gasteiger partial charge in [0.05, 0.1) is 6.16 Å². The Bertz CT molecular complexity index is 432. The van der Waals surface area contributed by atoms with Gasteiger partial charge in [-0.15, -0.1) is 13.2 Å². The van der Waals surface area contributed by atoms with Gasteiger partial charge in [-0.05, 0) is 0 Å². The van der Waals surface area contributed by atoms with E-state index in [2.05, 4.69) is 13.2 Å². The lowest BCUT2D eigenvalue weighted by atomic mass is 10.4. The van der Waals surface area contributed by atoms with Gasteiger partial charge in [-0.1, -0.05) is 42.5 Å². The van der Waals surface area contributed by atoms with E-state index in [-0.39, 0.29) is 12.1 Å². The number of nitrogens with zero attached hydrogens (tertiary/aromatic N) is 1. The molecule has 0 aromatic heterocycles. The summed E-state index contributed by atoms with van der Waals surface area (Å²) in [7, 11) is -2.06. The predicted octanol–water partition coefficient (Wildman–Crippen LogP) is 2.07. The molecule has 0 bridgehead atoms. The first-order valence-electron chi connectivity index (χ1n) is 5.77. The van der Waals surface area contributed by atoms with Crippen molar-refractivity contribution in [2.75, 3.05) is 19.3 Å². The zero-order chi connectivity index (χ0) is 13.4. The van der Waals surface area contributed by atoms with E-state index in [4.69, 9.17) is 0 Å². The molecular weight excluding hydrogens is 245 g/mol. The second-order valence-electron chi connectivity index (χ2n) is 3.84. The molecular formula is C14H18NO2P. The maximum absolute atomic E-state index is 12.1. The van der Waals surface area contributed by atoms with Crippen molar-refractivity contribution in [1.29, 1.82) is 0 Å². The molecule has 3 nitrogen and oxygen atoms in total. The highest BCUT2D eigenvalue weighted by Crippen LogP contribution is 2.19. The van der Waals surface area contributed by atoms with Crippen molar-refractivity contribution in [3.8, 4) is 0 Å². The lowest BCUT2D eigenvalue weighted by molar-refractivity contribution is -0.127. The first-order valence-corrected chi connectivity index (χ1v) is 7.38. The Morgan fingerprint density at radius 3 is 2.22 bits per heavy atom. The van der Waals surface area contributed by atoms with Crippen molar-refractivity contribution in [3.05, 3.63) is 55.6 Å². The van der Waals surface area contributed by atoms with Crippen molar-refractivity contribution >= 4 is 19.0 Å². The summed E-state index contributed by atoms with van der Waals surface area (Å²) in [4.78, 5) is 13.6. The standard InChI is InChI=1S/C14H18NO2P/c1-3-10-15(11-4-2)14(16)12-18(17)13-8-6-5-7-9-13/h3-9,18H,1-2,10-12H2. The SMILES string of the molecule is C=CCN(CC=C)C(=O)C[PH](=O)c1ccccc1. The molecule has 1 rings (SSSR count). The molecule has 1 amide bonds. The van der Waals surface area contributed by atoms with Gasteiger partial charge in [0.2, 0.25) is 5.91 Å². The van der Waals surface area contributed by atoms with Crippen LogP contribution in [0.15, 0.2) is 55.6 Å². The molecule has 0 aliphatic heterocycles. The van der Waals surface area contributed by atoms with Crippen LogP contribution in [0.1, 0.15) is 0 Å². The van der Waals surface area contributed by atoms with E-state index in [1.807, 2.05) is 18.2 Å². The summed E-state index contributed by atoms with van der Waals surface area (Å²) in [6.45, 7) is 8.12. The molecule has 0 saturated carbocycles. The van der Waals surface area contributed by atoms with E-state index in [1.165, 1.54) is 0 Å².